The van der Waals surface area contributed by atoms with Crippen LogP contribution in [0.25, 0.3) is 0 Å². The number of aliphatic carboxylic acids is 1. The molecule has 0 saturated carbocycles. The van der Waals surface area contributed by atoms with Gasteiger partial charge in [0.2, 0.25) is 0 Å². The lowest BCUT2D eigenvalue weighted by molar-refractivity contribution is -0.146. The third-order valence-corrected chi connectivity index (χ3v) is 3.57. The summed E-state index contributed by atoms with van der Waals surface area (Å²) in [5.41, 5.74) is 1.70. The van der Waals surface area contributed by atoms with Crippen molar-refractivity contribution in [2.45, 2.75) is 27.7 Å². The third-order valence-electron chi connectivity index (χ3n) is 2.94. The first kappa shape index (κ1) is 16.5. The summed E-state index contributed by atoms with van der Waals surface area (Å²) in [6.07, 6.45) is 0. The number of anilines is 1. The largest absolute Gasteiger partial charge is 0.481 e. The van der Waals surface area contributed by atoms with E-state index in [9.17, 15) is 9.59 Å². The van der Waals surface area contributed by atoms with Crippen molar-refractivity contribution in [3.05, 3.63) is 27.7 Å². The summed E-state index contributed by atoms with van der Waals surface area (Å²) in [7, 11) is 0. The summed E-state index contributed by atoms with van der Waals surface area (Å²) in [6, 6.07) is 3.44. The number of hydrogen-bond acceptors (Lipinski definition) is 2. The maximum Gasteiger partial charge on any atom is 0.319 e. The van der Waals surface area contributed by atoms with E-state index in [1.165, 1.54) is 0 Å². The second-order valence-electron chi connectivity index (χ2n) is 5.44. The normalized spacial score (nSPS) is 11.1. The van der Waals surface area contributed by atoms with Crippen LogP contribution in [-0.2, 0) is 4.79 Å². The fraction of sp³-hybridized carbons (Fsp3) is 0.429. The van der Waals surface area contributed by atoms with Gasteiger partial charge in [0.15, 0.2) is 0 Å². The number of benzene rings is 1. The second-order valence-corrected chi connectivity index (χ2v) is 6.29. The van der Waals surface area contributed by atoms with Crippen LogP contribution in [0.3, 0.4) is 0 Å². The van der Waals surface area contributed by atoms with Gasteiger partial charge in [0, 0.05) is 11.0 Å². The lowest BCUT2D eigenvalue weighted by Crippen LogP contribution is -2.40. The molecule has 1 rings (SSSR count). The second kappa shape index (κ2) is 6.26. The number of aryl methyl sites for hydroxylation is 2. The van der Waals surface area contributed by atoms with Gasteiger partial charge in [0.1, 0.15) is 0 Å². The summed E-state index contributed by atoms with van der Waals surface area (Å²) >= 11 is 3.40. The molecular weight excluding hydrogens is 324 g/mol. The predicted molar refractivity (Wildman–Crippen MR) is 82.1 cm³/mol. The zero-order chi connectivity index (χ0) is 15.5. The Balaban J connectivity index is 2.71. The Morgan fingerprint density at radius 2 is 1.90 bits per heavy atom. The molecule has 0 atom stereocenters. The molecule has 0 fully saturated rings. The molecule has 6 heteroatoms. The van der Waals surface area contributed by atoms with E-state index in [2.05, 4.69) is 26.6 Å². The molecule has 1 aromatic rings. The van der Waals surface area contributed by atoms with Gasteiger partial charge in [-0.1, -0.05) is 6.07 Å². The number of carbonyl (C=O) groups is 2. The first-order valence-corrected chi connectivity index (χ1v) is 6.98. The number of nitrogens with one attached hydrogen (secondary N) is 2. The summed E-state index contributed by atoms with van der Waals surface area (Å²) < 4.78 is 0.794. The minimum atomic E-state index is -1.00. The number of hydrogen-bond donors (Lipinski definition) is 3. The van der Waals surface area contributed by atoms with Crippen molar-refractivity contribution in [1.29, 1.82) is 0 Å². The molecule has 20 heavy (non-hydrogen) atoms. The van der Waals surface area contributed by atoms with E-state index >= 15 is 0 Å². The Hall–Kier alpha value is -1.56. The Morgan fingerprint density at radius 3 is 2.40 bits per heavy atom. The van der Waals surface area contributed by atoms with Crippen molar-refractivity contribution in [3.63, 3.8) is 0 Å². The highest BCUT2D eigenvalue weighted by molar-refractivity contribution is 9.10. The van der Waals surface area contributed by atoms with Gasteiger partial charge in [0.25, 0.3) is 0 Å². The molecule has 0 aliphatic carbocycles. The first-order valence-electron chi connectivity index (χ1n) is 6.18. The smallest absolute Gasteiger partial charge is 0.319 e. The van der Waals surface area contributed by atoms with Crippen molar-refractivity contribution in [3.8, 4) is 0 Å². The SMILES string of the molecule is Cc1cc(C)c(NC(=O)NCC(C)(C)C(=O)O)c(Br)c1. The summed E-state index contributed by atoms with van der Waals surface area (Å²) in [5, 5.41) is 14.3. The molecule has 110 valence electrons. The molecule has 1 aromatic carbocycles. The zero-order valence-electron chi connectivity index (χ0n) is 12.0. The highest BCUT2D eigenvalue weighted by Gasteiger charge is 2.27. The van der Waals surface area contributed by atoms with E-state index in [0.717, 1.165) is 15.6 Å². The van der Waals surface area contributed by atoms with Crippen LogP contribution < -0.4 is 10.6 Å². The van der Waals surface area contributed by atoms with Crippen molar-refractivity contribution in [1.82, 2.24) is 5.32 Å². The Labute approximate surface area is 126 Å². The quantitative estimate of drug-likeness (QED) is 0.785. The van der Waals surface area contributed by atoms with Crippen LogP contribution in [0.15, 0.2) is 16.6 Å². The van der Waals surface area contributed by atoms with Gasteiger partial charge < -0.3 is 15.7 Å². The first-order chi connectivity index (χ1) is 9.13. The van der Waals surface area contributed by atoms with Crippen LogP contribution in [0.2, 0.25) is 0 Å². The van der Waals surface area contributed by atoms with Crippen molar-refractivity contribution >= 4 is 33.6 Å². The highest BCUT2D eigenvalue weighted by Crippen LogP contribution is 2.27. The fourth-order valence-corrected chi connectivity index (χ4v) is 2.38. The molecule has 0 saturated heterocycles. The van der Waals surface area contributed by atoms with E-state index in [1.807, 2.05) is 26.0 Å². The van der Waals surface area contributed by atoms with Gasteiger partial charge in [-0.2, -0.15) is 0 Å². The minimum absolute atomic E-state index is 0.0523. The molecule has 2 amide bonds. The van der Waals surface area contributed by atoms with E-state index in [-0.39, 0.29) is 6.54 Å². The van der Waals surface area contributed by atoms with Gasteiger partial charge in [-0.25, -0.2) is 4.79 Å². The van der Waals surface area contributed by atoms with E-state index in [4.69, 9.17) is 5.11 Å². The highest BCUT2D eigenvalue weighted by atomic mass is 79.9. The van der Waals surface area contributed by atoms with Crippen molar-refractivity contribution < 1.29 is 14.7 Å². The minimum Gasteiger partial charge on any atom is -0.481 e. The van der Waals surface area contributed by atoms with E-state index in [0.29, 0.717) is 5.69 Å². The number of rotatable bonds is 4. The topological polar surface area (TPSA) is 78.4 Å². The van der Waals surface area contributed by atoms with Crippen LogP contribution in [0.1, 0.15) is 25.0 Å². The Kier molecular flexibility index (Phi) is 5.16. The van der Waals surface area contributed by atoms with Crippen LogP contribution in [0.5, 0.6) is 0 Å². The molecule has 0 bridgehead atoms. The summed E-state index contributed by atoms with van der Waals surface area (Å²) in [4.78, 5) is 22.8. The molecule has 0 aromatic heterocycles. The fourth-order valence-electron chi connectivity index (χ4n) is 1.61. The zero-order valence-corrected chi connectivity index (χ0v) is 13.6. The predicted octanol–water partition coefficient (Wildman–Crippen LogP) is 3.30. The molecule has 0 aliphatic rings. The van der Waals surface area contributed by atoms with Crippen LogP contribution in [0.4, 0.5) is 10.5 Å². The third kappa shape index (κ3) is 4.23. The maximum atomic E-state index is 11.8. The van der Waals surface area contributed by atoms with Crippen LogP contribution in [-0.4, -0.2) is 23.7 Å². The van der Waals surface area contributed by atoms with E-state index < -0.39 is 17.4 Å². The number of urea groups is 1. The molecule has 3 N–H and O–H groups in total. The monoisotopic (exact) mass is 342 g/mol. The van der Waals surface area contributed by atoms with Crippen molar-refractivity contribution in [2.75, 3.05) is 11.9 Å². The average Bonchev–Trinajstić information content (AvgIpc) is 2.31. The van der Waals surface area contributed by atoms with Gasteiger partial charge in [-0.15, -0.1) is 0 Å². The standard InChI is InChI=1S/C14H19BrN2O3/c1-8-5-9(2)11(10(15)6-8)17-13(20)16-7-14(3,4)12(18)19/h5-6H,7H2,1-4H3,(H,18,19)(H2,16,17,20). The number of amides is 2. The van der Waals surface area contributed by atoms with Crippen LogP contribution >= 0.6 is 15.9 Å². The molecule has 0 unspecified atom stereocenters. The van der Waals surface area contributed by atoms with Crippen LogP contribution in [0, 0.1) is 19.3 Å². The van der Waals surface area contributed by atoms with Gasteiger partial charge in [-0.3, -0.25) is 4.79 Å². The molecule has 0 heterocycles. The van der Waals surface area contributed by atoms with Gasteiger partial charge >= 0.3 is 12.0 Å². The molecule has 5 nitrogen and oxygen atoms in total. The number of carbonyl (C=O) groups excluding carboxylic acids is 1. The maximum absolute atomic E-state index is 11.8. The number of carboxylic acid groups (broad SMARTS) is 1. The molecule has 0 aliphatic heterocycles. The van der Waals surface area contributed by atoms with Crippen molar-refractivity contribution in [2.24, 2.45) is 5.41 Å². The number of carboxylic acids is 1. The molecule has 0 radical (unpaired) electrons. The summed E-state index contributed by atoms with van der Waals surface area (Å²) in [6.45, 7) is 7.04. The Morgan fingerprint density at radius 1 is 1.30 bits per heavy atom. The lowest BCUT2D eigenvalue weighted by atomic mass is 9.94. The number of halogens is 1. The molecular formula is C14H19BrN2O3. The van der Waals surface area contributed by atoms with Gasteiger partial charge in [-0.05, 0) is 60.8 Å². The lowest BCUT2D eigenvalue weighted by Gasteiger charge is -2.20. The van der Waals surface area contributed by atoms with E-state index in [1.54, 1.807) is 13.8 Å². The summed E-state index contributed by atoms with van der Waals surface area (Å²) in [5.74, 6) is -0.953. The molecule has 0 spiro atoms. The average molecular weight is 343 g/mol. The van der Waals surface area contributed by atoms with Gasteiger partial charge in [0.05, 0.1) is 11.1 Å². The Bertz CT molecular complexity index is 518.